The number of rotatable bonds is 9. The summed E-state index contributed by atoms with van der Waals surface area (Å²) in [7, 11) is 0. The highest BCUT2D eigenvalue weighted by molar-refractivity contribution is 6.31. The van der Waals surface area contributed by atoms with E-state index in [2.05, 4.69) is 22.2 Å². The molecule has 0 spiro atoms. The Hall–Kier alpha value is -3.00. The van der Waals surface area contributed by atoms with Crippen molar-refractivity contribution in [3.8, 4) is 5.75 Å². The van der Waals surface area contributed by atoms with E-state index in [0.717, 1.165) is 0 Å². The van der Waals surface area contributed by atoms with Gasteiger partial charge in [-0.2, -0.15) is 8.78 Å². The van der Waals surface area contributed by atoms with Gasteiger partial charge in [0.25, 0.3) is 5.91 Å². The quantitative estimate of drug-likeness (QED) is 0.516. The molecule has 1 atom stereocenters. The molecule has 0 bridgehead atoms. The number of carbonyl (C=O) groups excluding carboxylic acids is 2. The fraction of sp³-hybridized carbons (Fsp3) is 0.318. The molecule has 1 heterocycles. The number of amides is 2. The van der Waals surface area contributed by atoms with Crippen LogP contribution < -0.4 is 15.4 Å². The smallest absolute Gasteiger partial charge is 0.302 e. The van der Waals surface area contributed by atoms with E-state index in [4.69, 9.17) is 16.3 Å². The van der Waals surface area contributed by atoms with E-state index in [-0.39, 0.29) is 40.4 Å². The molecule has 2 rings (SSSR count). The SMILES string of the molecule is C=C(C)C(F)(F)COc1ccc(C(C)NC(=O)c2ccnc(NC(=O)CC)c2)c(Cl)c1. The van der Waals surface area contributed by atoms with E-state index in [1.54, 1.807) is 19.9 Å². The van der Waals surface area contributed by atoms with Gasteiger partial charge in [-0.05, 0) is 49.2 Å². The van der Waals surface area contributed by atoms with Gasteiger partial charge in [-0.3, -0.25) is 9.59 Å². The first kappa shape index (κ1) is 24.3. The minimum absolute atomic E-state index is 0.179. The standard InChI is InChI=1S/C22H24ClF2N3O3/c1-5-20(29)28-19-10-15(8-9-26-19)21(30)27-14(4)17-7-6-16(11-18(17)23)31-12-22(24,25)13(2)3/h6-11,14H,2,5,12H2,1,3-4H3,(H,27,30)(H,26,28,29). The van der Waals surface area contributed by atoms with Crippen molar-refractivity contribution < 1.29 is 23.1 Å². The molecule has 166 valence electrons. The topological polar surface area (TPSA) is 80.3 Å². The van der Waals surface area contributed by atoms with E-state index in [1.165, 1.54) is 37.4 Å². The van der Waals surface area contributed by atoms with Gasteiger partial charge in [0.1, 0.15) is 11.6 Å². The van der Waals surface area contributed by atoms with Crippen LogP contribution in [0.15, 0.2) is 48.7 Å². The van der Waals surface area contributed by atoms with Crippen LogP contribution in [-0.2, 0) is 4.79 Å². The molecule has 0 fully saturated rings. The third-order valence-corrected chi connectivity index (χ3v) is 4.77. The molecule has 2 amide bonds. The molecule has 31 heavy (non-hydrogen) atoms. The number of hydrogen-bond acceptors (Lipinski definition) is 4. The number of pyridine rings is 1. The molecule has 0 saturated carbocycles. The minimum atomic E-state index is -3.15. The molecule has 0 radical (unpaired) electrons. The van der Waals surface area contributed by atoms with Gasteiger partial charge in [0.05, 0.1) is 6.04 Å². The molecule has 6 nitrogen and oxygen atoms in total. The van der Waals surface area contributed by atoms with Gasteiger partial charge in [0, 0.05) is 23.2 Å². The largest absolute Gasteiger partial charge is 0.487 e. The predicted molar refractivity (Wildman–Crippen MR) is 116 cm³/mol. The minimum Gasteiger partial charge on any atom is -0.487 e. The van der Waals surface area contributed by atoms with Gasteiger partial charge in [-0.25, -0.2) is 4.98 Å². The molecule has 1 unspecified atom stereocenters. The zero-order chi connectivity index (χ0) is 23.2. The molecule has 2 N–H and O–H groups in total. The van der Waals surface area contributed by atoms with Crippen LogP contribution >= 0.6 is 11.6 Å². The maximum Gasteiger partial charge on any atom is 0.302 e. The number of benzene rings is 1. The van der Waals surface area contributed by atoms with E-state index in [1.807, 2.05) is 0 Å². The van der Waals surface area contributed by atoms with E-state index < -0.39 is 18.6 Å². The summed E-state index contributed by atoms with van der Waals surface area (Å²) in [4.78, 5) is 28.1. The molecule has 1 aromatic heterocycles. The Balaban J connectivity index is 2.06. The van der Waals surface area contributed by atoms with Gasteiger partial charge in [-0.1, -0.05) is 31.2 Å². The number of hydrogen-bond donors (Lipinski definition) is 2. The van der Waals surface area contributed by atoms with E-state index in [0.29, 0.717) is 11.1 Å². The summed E-state index contributed by atoms with van der Waals surface area (Å²) in [6.45, 7) is 7.07. The third kappa shape index (κ3) is 6.75. The highest BCUT2D eigenvalue weighted by Crippen LogP contribution is 2.29. The number of alkyl halides is 2. The van der Waals surface area contributed by atoms with Gasteiger partial charge in [0.2, 0.25) is 5.91 Å². The summed E-state index contributed by atoms with van der Waals surface area (Å²) in [5.41, 5.74) is 0.606. The number of aromatic nitrogens is 1. The summed E-state index contributed by atoms with van der Waals surface area (Å²) >= 11 is 6.27. The summed E-state index contributed by atoms with van der Waals surface area (Å²) in [6, 6.07) is 7.02. The van der Waals surface area contributed by atoms with Crippen LogP contribution in [0.4, 0.5) is 14.6 Å². The fourth-order valence-corrected chi connectivity index (χ4v) is 2.81. The lowest BCUT2D eigenvalue weighted by Crippen LogP contribution is -2.27. The van der Waals surface area contributed by atoms with Crippen molar-refractivity contribution in [1.29, 1.82) is 0 Å². The number of nitrogens with zero attached hydrogens (tertiary/aromatic N) is 1. The van der Waals surface area contributed by atoms with Crippen molar-refractivity contribution in [3.05, 3.63) is 64.8 Å². The first-order valence-corrected chi connectivity index (χ1v) is 9.94. The molecule has 0 aliphatic rings. The summed E-state index contributed by atoms with van der Waals surface area (Å²) in [5.74, 6) is -3.29. The number of anilines is 1. The summed E-state index contributed by atoms with van der Waals surface area (Å²) < 4.78 is 32.4. The molecule has 0 aliphatic carbocycles. The number of halogens is 3. The van der Waals surface area contributed by atoms with Crippen LogP contribution in [0.2, 0.25) is 5.02 Å². The lowest BCUT2D eigenvalue weighted by atomic mass is 10.1. The van der Waals surface area contributed by atoms with Gasteiger partial charge >= 0.3 is 5.92 Å². The monoisotopic (exact) mass is 451 g/mol. The Morgan fingerprint density at radius 1 is 1.29 bits per heavy atom. The Labute approximate surface area is 184 Å². The second-order valence-electron chi connectivity index (χ2n) is 6.98. The Morgan fingerprint density at radius 3 is 2.61 bits per heavy atom. The van der Waals surface area contributed by atoms with Crippen molar-refractivity contribution in [3.63, 3.8) is 0 Å². The third-order valence-electron chi connectivity index (χ3n) is 4.44. The lowest BCUT2D eigenvalue weighted by molar-refractivity contribution is -0.115. The Morgan fingerprint density at radius 2 is 2.00 bits per heavy atom. The Kier molecular flexibility index (Phi) is 8.10. The van der Waals surface area contributed by atoms with Gasteiger partial charge in [0.15, 0.2) is 6.61 Å². The van der Waals surface area contributed by atoms with Crippen LogP contribution in [0.1, 0.15) is 49.2 Å². The molecular formula is C22H24ClF2N3O3. The number of carbonyl (C=O) groups is 2. The van der Waals surface area contributed by atoms with Crippen LogP contribution in [0, 0.1) is 0 Å². The zero-order valence-electron chi connectivity index (χ0n) is 17.5. The average Bonchev–Trinajstić information content (AvgIpc) is 2.72. The average molecular weight is 452 g/mol. The second-order valence-corrected chi connectivity index (χ2v) is 7.39. The normalized spacial score (nSPS) is 12.1. The van der Waals surface area contributed by atoms with Crippen molar-refractivity contribution in [2.45, 2.75) is 39.2 Å². The maximum atomic E-state index is 13.6. The molecular weight excluding hydrogens is 428 g/mol. The number of ether oxygens (including phenoxy) is 1. The number of nitrogens with one attached hydrogen (secondary N) is 2. The Bertz CT molecular complexity index is 982. The van der Waals surface area contributed by atoms with Crippen LogP contribution in [0.5, 0.6) is 5.75 Å². The van der Waals surface area contributed by atoms with Crippen molar-refractivity contribution >= 4 is 29.2 Å². The highest BCUT2D eigenvalue weighted by Gasteiger charge is 2.31. The first-order valence-electron chi connectivity index (χ1n) is 9.56. The van der Waals surface area contributed by atoms with Crippen molar-refractivity contribution in [1.82, 2.24) is 10.3 Å². The predicted octanol–water partition coefficient (Wildman–Crippen LogP) is 5.16. The lowest BCUT2D eigenvalue weighted by Gasteiger charge is -2.19. The molecule has 2 aromatic rings. The van der Waals surface area contributed by atoms with Crippen molar-refractivity contribution in [2.75, 3.05) is 11.9 Å². The summed E-state index contributed by atoms with van der Waals surface area (Å²) in [6.07, 6.45) is 1.71. The molecule has 1 aromatic carbocycles. The van der Waals surface area contributed by atoms with Gasteiger partial charge < -0.3 is 15.4 Å². The molecule has 0 saturated heterocycles. The van der Waals surface area contributed by atoms with Gasteiger partial charge in [-0.15, -0.1) is 0 Å². The molecule has 0 aliphatic heterocycles. The fourth-order valence-electron chi connectivity index (χ4n) is 2.48. The highest BCUT2D eigenvalue weighted by atomic mass is 35.5. The first-order chi connectivity index (χ1) is 14.5. The van der Waals surface area contributed by atoms with Crippen molar-refractivity contribution in [2.24, 2.45) is 0 Å². The summed E-state index contributed by atoms with van der Waals surface area (Å²) in [5, 5.41) is 5.65. The molecule has 9 heteroatoms. The van der Waals surface area contributed by atoms with Crippen LogP contribution in [0.25, 0.3) is 0 Å². The van der Waals surface area contributed by atoms with Crippen LogP contribution in [-0.4, -0.2) is 29.3 Å². The van der Waals surface area contributed by atoms with Crippen LogP contribution in [0.3, 0.4) is 0 Å². The second kappa shape index (κ2) is 10.3. The van der Waals surface area contributed by atoms with E-state index in [9.17, 15) is 18.4 Å². The zero-order valence-corrected chi connectivity index (χ0v) is 18.2. The van der Waals surface area contributed by atoms with E-state index >= 15 is 0 Å². The maximum absolute atomic E-state index is 13.6.